The van der Waals surface area contributed by atoms with E-state index in [0.717, 1.165) is 37.7 Å². The van der Waals surface area contributed by atoms with Crippen LogP contribution in [0.25, 0.3) is 0 Å². The zero-order valence-corrected chi connectivity index (χ0v) is 27.7. The molecule has 0 heterocycles. The molecule has 0 aromatic heterocycles. The Bertz CT molecular complexity index is 1220. The van der Waals surface area contributed by atoms with Gasteiger partial charge in [-0.25, -0.2) is 0 Å². The van der Waals surface area contributed by atoms with Crippen LogP contribution in [-0.4, -0.2) is 5.78 Å². The van der Waals surface area contributed by atoms with Gasteiger partial charge in [0.25, 0.3) is 0 Å². The minimum atomic E-state index is 0.0570. The first-order valence-corrected chi connectivity index (χ1v) is 15.2. The monoisotopic (exact) mass is 552 g/mol. The lowest BCUT2D eigenvalue weighted by molar-refractivity contribution is -0.116. The van der Waals surface area contributed by atoms with Gasteiger partial charge in [0.2, 0.25) is 0 Å². The second kappa shape index (κ2) is 19.0. The molecule has 0 unspecified atom stereocenters. The molecule has 0 saturated carbocycles. The van der Waals surface area contributed by atoms with E-state index in [1.54, 1.807) is 0 Å². The predicted molar refractivity (Wildman–Crippen MR) is 184 cm³/mol. The van der Waals surface area contributed by atoms with Crippen LogP contribution in [0, 0.1) is 5.41 Å². The Morgan fingerprint density at radius 3 is 1.76 bits per heavy atom. The minimum absolute atomic E-state index is 0.0570. The van der Waals surface area contributed by atoms with Crippen LogP contribution < -0.4 is 0 Å². The molecule has 1 aliphatic carbocycles. The molecule has 1 rings (SSSR count). The van der Waals surface area contributed by atoms with Gasteiger partial charge in [-0.1, -0.05) is 132 Å². The smallest absolute Gasteiger partial charge is 0.158 e. The molecule has 0 aliphatic heterocycles. The zero-order chi connectivity index (χ0) is 30.8. The van der Waals surface area contributed by atoms with Crippen LogP contribution in [0.5, 0.6) is 0 Å². The summed E-state index contributed by atoms with van der Waals surface area (Å²) in [6.07, 6.45) is 36.4. The summed E-state index contributed by atoms with van der Waals surface area (Å²) in [5.74, 6) is 0.284. The van der Waals surface area contributed by atoms with Crippen LogP contribution in [0.3, 0.4) is 0 Å². The number of carbonyl (C=O) groups excluding carboxylic acids is 1. The number of ketones is 1. The van der Waals surface area contributed by atoms with E-state index in [9.17, 15) is 4.79 Å². The third-order valence-corrected chi connectivity index (χ3v) is 7.41. The summed E-state index contributed by atoms with van der Waals surface area (Å²) in [6, 6.07) is 0. The fourth-order valence-corrected chi connectivity index (χ4v) is 4.58. The summed E-state index contributed by atoms with van der Waals surface area (Å²) >= 11 is 0. The van der Waals surface area contributed by atoms with Crippen LogP contribution in [0.2, 0.25) is 0 Å². The van der Waals surface area contributed by atoms with E-state index in [1.807, 2.05) is 6.92 Å². The van der Waals surface area contributed by atoms with Gasteiger partial charge in [0.15, 0.2) is 5.78 Å². The van der Waals surface area contributed by atoms with Gasteiger partial charge in [-0.2, -0.15) is 0 Å². The third-order valence-electron chi connectivity index (χ3n) is 7.41. The number of unbranched alkanes of at least 4 members (excludes halogenated alkanes) is 1. The third kappa shape index (κ3) is 16.0. The lowest BCUT2D eigenvalue weighted by Gasteiger charge is -2.32. The van der Waals surface area contributed by atoms with Crippen molar-refractivity contribution in [3.05, 3.63) is 130 Å². The number of rotatable bonds is 14. The van der Waals surface area contributed by atoms with Gasteiger partial charge >= 0.3 is 0 Å². The van der Waals surface area contributed by atoms with Crippen molar-refractivity contribution >= 4 is 5.78 Å². The van der Waals surface area contributed by atoms with E-state index in [0.29, 0.717) is 6.42 Å². The van der Waals surface area contributed by atoms with Crippen LogP contribution in [-0.2, 0) is 4.79 Å². The molecule has 222 valence electrons. The van der Waals surface area contributed by atoms with E-state index >= 15 is 0 Å². The zero-order valence-electron chi connectivity index (χ0n) is 27.7. The minimum Gasteiger partial charge on any atom is -0.295 e. The Kier molecular flexibility index (Phi) is 16.6. The lowest BCUT2D eigenvalue weighted by atomic mass is 9.72. The second-order valence-corrected chi connectivity index (χ2v) is 12.4. The summed E-state index contributed by atoms with van der Waals surface area (Å²) in [4.78, 5) is 12.1. The number of hydrogen-bond acceptors (Lipinski definition) is 1. The Morgan fingerprint density at radius 2 is 1.20 bits per heavy atom. The highest BCUT2D eigenvalue weighted by molar-refractivity contribution is 5.97. The first-order valence-electron chi connectivity index (χ1n) is 15.2. The molecule has 0 atom stereocenters. The van der Waals surface area contributed by atoms with Crippen LogP contribution in [0.15, 0.2) is 130 Å². The van der Waals surface area contributed by atoms with Gasteiger partial charge in [-0.05, 0) is 104 Å². The van der Waals surface area contributed by atoms with Gasteiger partial charge in [0.05, 0.1) is 0 Å². The highest BCUT2D eigenvalue weighted by atomic mass is 16.1. The molecule has 0 N–H and O–H groups in total. The summed E-state index contributed by atoms with van der Waals surface area (Å²) in [5.41, 5.74) is 9.92. The first-order chi connectivity index (χ1) is 19.3. The summed E-state index contributed by atoms with van der Waals surface area (Å²) < 4.78 is 0. The van der Waals surface area contributed by atoms with Crippen molar-refractivity contribution in [2.45, 2.75) is 108 Å². The van der Waals surface area contributed by atoms with Crippen molar-refractivity contribution in [3.8, 4) is 0 Å². The standard InChI is InChI=1S/C40H56O/c1-31(2)17-13-20-34(5)23-15-25-35(6)24-14-21-32(3)18-11-12-19-33(4)22-16-26-36(7)27-28-38-37(8)39(41)29-30-40(38,9)10/h14-19,21-28H,11-13,20,29-30H2,1-10H3/b21-14+,22-16+,25-15+,28-27+,32-18+,33-19+,34-23+,35-24+,36-26+. The Labute approximate surface area is 253 Å². The van der Waals surface area contributed by atoms with Crippen molar-refractivity contribution in [1.82, 2.24) is 0 Å². The number of carbonyl (C=O) groups is 1. The van der Waals surface area contributed by atoms with Gasteiger partial charge in [0.1, 0.15) is 0 Å². The van der Waals surface area contributed by atoms with Gasteiger partial charge in [-0.3, -0.25) is 4.79 Å². The topological polar surface area (TPSA) is 17.1 Å². The maximum absolute atomic E-state index is 12.1. The molecule has 0 spiro atoms. The first kappa shape index (κ1) is 35.8. The Balaban J connectivity index is 2.53. The molecule has 1 aliphatic rings. The maximum Gasteiger partial charge on any atom is 0.158 e. The SMILES string of the molecule is CC(C)=CCC/C(C)=C/C=C/C(C)=C/C=C/C(C)=C/CC/C=C(C)/C=C/C=C(C)/C=C/C1=C(C)C(=O)CCC1(C)C. The predicted octanol–water partition coefficient (Wildman–Crippen LogP) is 12.2. The van der Waals surface area contributed by atoms with Gasteiger partial charge < -0.3 is 0 Å². The fourth-order valence-electron chi connectivity index (χ4n) is 4.58. The molecule has 0 saturated heterocycles. The van der Waals surface area contributed by atoms with Crippen LogP contribution in [0.4, 0.5) is 0 Å². The second-order valence-electron chi connectivity index (χ2n) is 12.4. The van der Waals surface area contributed by atoms with Crippen molar-refractivity contribution in [1.29, 1.82) is 0 Å². The number of hydrogen-bond donors (Lipinski definition) is 0. The quantitative estimate of drug-likeness (QED) is 0.119. The van der Waals surface area contributed by atoms with Crippen LogP contribution >= 0.6 is 0 Å². The number of Topliss-reactive ketones (excluding diaryl/α,β-unsaturated/α-hetero) is 1. The van der Waals surface area contributed by atoms with Gasteiger partial charge in [-0.15, -0.1) is 0 Å². The lowest BCUT2D eigenvalue weighted by Crippen LogP contribution is -2.24. The molecule has 1 heteroatoms. The summed E-state index contributed by atoms with van der Waals surface area (Å²) in [6.45, 7) is 21.5. The van der Waals surface area contributed by atoms with E-state index in [2.05, 4.69) is 147 Å². The van der Waals surface area contributed by atoms with Gasteiger partial charge in [0, 0.05) is 6.42 Å². The number of allylic oxidation sites excluding steroid dienone is 22. The molecule has 41 heavy (non-hydrogen) atoms. The van der Waals surface area contributed by atoms with Crippen molar-refractivity contribution in [2.24, 2.45) is 5.41 Å². The Morgan fingerprint density at radius 1 is 0.683 bits per heavy atom. The average molecular weight is 553 g/mol. The van der Waals surface area contributed by atoms with Crippen molar-refractivity contribution in [2.75, 3.05) is 0 Å². The summed E-state index contributed by atoms with van der Waals surface area (Å²) in [7, 11) is 0. The molecule has 1 nitrogen and oxygen atoms in total. The molecule has 0 amide bonds. The average Bonchev–Trinajstić information content (AvgIpc) is 2.88. The molecular formula is C40H56O. The maximum atomic E-state index is 12.1. The molecule has 0 radical (unpaired) electrons. The fraction of sp³-hybridized carbons (Fsp3) is 0.425. The molecule has 0 bridgehead atoms. The molecule has 0 aromatic rings. The van der Waals surface area contributed by atoms with Crippen LogP contribution in [0.1, 0.15) is 108 Å². The van der Waals surface area contributed by atoms with Crippen molar-refractivity contribution in [3.63, 3.8) is 0 Å². The van der Waals surface area contributed by atoms with Crippen molar-refractivity contribution < 1.29 is 4.79 Å². The molecule has 0 fully saturated rings. The normalized spacial score (nSPS) is 18.2. The Hall–Kier alpha value is -3.19. The summed E-state index contributed by atoms with van der Waals surface area (Å²) in [5, 5.41) is 0. The van der Waals surface area contributed by atoms with E-state index in [1.165, 1.54) is 39.0 Å². The highest BCUT2D eigenvalue weighted by Crippen LogP contribution is 2.39. The molecule has 0 aromatic carbocycles. The largest absolute Gasteiger partial charge is 0.295 e. The highest BCUT2D eigenvalue weighted by Gasteiger charge is 2.30. The van der Waals surface area contributed by atoms with E-state index in [4.69, 9.17) is 0 Å². The molecular weight excluding hydrogens is 496 g/mol. The van der Waals surface area contributed by atoms with E-state index in [-0.39, 0.29) is 11.2 Å². The van der Waals surface area contributed by atoms with E-state index < -0.39 is 0 Å².